The van der Waals surface area contributed by atoms with Crippen LogP contribution < -0.4 is 10.1 Å². The Morgan fingerprint density at radius 3 is 2.45 bits per heavy atom. The van der Waals surface area contributed by atoms with E-state index in [4.69, 9.17) is 9.72 Å². The number of rotatable bonds is 6. The molecule has 5 nitrogen and oxygen atoms in total. The minimum Gasteiger partial charge on any atom is -0.497 e. The molecule has 0 atom stereocenters. The van der Waals surface area contributed by atoms with Crippen LogP contribution in [0.25, 0.3) is 11.3 Å². The Kier molecular flexibility index (Phi) is 5.53. The molecule has 0 saturated heterocycles. The Morgan fingerprint density at radius 2 is 1.79 bits per heavy atom. The van der Waals surface area contributed by atoms with Gasteiger partial charge in [-0.25, -0.2) is 9.97 Å². The summed E-state index contributed by atoms with van der Waals surface area (Å²) in [6, 6.07) is 12.7. The number of nitrogens with zero attached hydrogens (tertiary/aromatic N) is 3. The van der Waals surface area contributed by atoms with Gasteiger partial charge in [0.1, 0.15) is 5.75 Å². The van der Waals surface area contributed by atoms with Crippen LogP contribution in [0.15, 0.2) is 60.4 Å². The fourth-order valence-corrected chi connectivity index (χ4v) is 4.03. The molecule has 1 N–H and O–H groups in total. The Bertz CT molecular complexity index is 1080. The third kappa shape index (κ3) is 4.43. The highest BCUT2D eigenvalue weighted by atomic mass is 32.1. The molecule has 2 aromatic carbocycles. The second-order valence-electron chi connectivity index (χ2n) is 6.87. The molecular formula is C23H22N4OS. The van der Waals surface area contributed by atoms with Gasteiger partial charge in [-0.3, -0.25) is 4.98 Å². The van der Waals surface area contributed by atoms with Crippen molar-refractivity contribution in [3.63, 3.8) is 0 Å². The molecule has 0 saturated carbocycles. The number of aryl methyl sites for hydroxylation is 2. The normalized spacial score (nSPS) is 10.7. The first kappa shape index (κ1) is 19.1. The maximum atomic E-state index is 5.25. The molecule has 0 radical (unpaired) electrons. The van der Waals surface area contributed by atoms with E-state index in [-0.39, 0.29) is 0 Å². The molecule has 29 heavy (non-hydrogen) atoms. The lowest BCUT2D eigenvalue weighted by atomic mass is 9.93. The van der Waals surface area contributed by atoms with Gasteiger partial charge in [0.05, 0.1) is 19.0 Å². The number of benzene rings is 2. The average Bonchev–Trinajstić information content (AvgIpc) is 3.20. The molecule has 0 amide bonds. The summed E-state index contributed by atoms with van der Waals surface area (Å²) in [5.74, 6) is 1.57. The van der Waals surface area contributed by atoms with Gasteiger partial charge in [-0.2, -0.15) is 0 Å². The Labute approximate surface area is 174 Å². The maximum absolute atomic E-state index is 5.25. The molecule has 0 aliphatic carbocycles. The van der Waals surface area contributed by atoms with Crippen LogP contribution in [-0.4, -0.2) is 22.1 Å². The van der Waals surface area contributed by atoms with E-state index in [9.17, 15) is 0 Å². The maximum Gasteiger partial charge on any atom is 0.188 e. The van der Waals surface area contributed by atoms with Crippen LogP contribution in [0.5, 0.6) is 5.75 Å². The molecule has 0 bridgehead atoms. The van der Waals surface area contributed by atoms with Crippen molar-refractivity contribution in [2.45, 2.75) is 20.3 Å². The number of methoxy groups -OCH3 is 1. The van der Waals surface area contributed by atoms with Gasteiger partial charge in [-0.1, -0.05) is 12.1 Å². The summed E-state index contributed by atoms with van der Waals surface area (Å²) >= 11 is 1.56. The molecule has 6 heteroatoms. The first-order chi connectivity index (χ1) is 14.1. The molecule has 0 aliphatic heterocycles. The molecule has 0 spiro atoms. The molecule has 146 valence electrons. The first-order valence-electron chi connectivity index (χ1n) is 9.34. The standard InChI is InChI=1S/C23H22N4OS/c1-15-10-18(21-14-29-23(26-21)27-22-13-24-8-9-25-22)11-16(2)20(15)12-17-4-6-19(28-3)7-5-17/h4-11,13-14H,12H2,1-3H3,(H,25,26,27). The molecule has 0 aliphatic rings. The number of hydrogen-bond donors (Lipinski definition) is 1. The molecule has 2 heterocycles. The zero-order valence-corrected chi connectivity index (χ0v) is 17.5. The highest BCUT2D eigenvalue weighted by Crippen LogP contribution is 2.30. The van der Waals surface area contributed by atoms with Crippen LogP contribution in [0, 0.1) is 13.8 Å². The van der Waals surface area contributed by atoms with Crippen LogP contribution in [0.3, 0.4) is 0 Å². The second-order valence-corrected chi connectivity index (χ2v) is 7.73. The van der Waals surface area contributed by atoms with Crippen LogP contribution in [0.1, 0.15) is 22.3 Å². The Hall–Kier alpha value is -3.25. The fraction of sp³-hybridized carbons (Fsp3) is 0.174. The number of thiazole rings is 1. The van der Waals surface area contributed by atoms with E-state index in [1.54, 1.807) is 37.0 Å². The van der Waals surface area contributed by atoms with Gasteiger partial charge in [-0.05, 0) is 66.8 Å². The van der Waals surface area contributed by atoms with Crippen molar-refractivity contribution in [3.8, 4) is 17.0 Å². The molecule has 4 aromatic rings. The monoisotopic (exact) mass is 402 g/mol. The van der Waals surface area contributed by atoms with Crippen molar-refractivity contribution >= 4 is 22.3 Å². The van der Waals surface area contributed by atoms with Gasteiger partial charge in [0.15, 0.2) is 10.9 Å². The third-order valence-corrected chi connectivity index (χ3v) is 5.59. The zero-order chi connectivity index (χ0) is 20.2. The van der Waals surface area contributed by atoms with Crippen molar-refractivity contribution in [2.24, 2.45) is 0 Å². The zero-order valence-electron chi connectivity index (χ0n) is 16.6. The van der Waals surface area contributed by atoms with Crippen LogP contribution in [-0.2, 0) is 6.42 Å². The van der Waals surface area contributed by atoms with Crippen molar-refractivity contribution in [1.29, 1.82) is 0 Å². The second kappa shape index (κ2) is 8.41. The quantitative estimate of drug-likeness (QED) is 0.457. The number of hydrogen-bond acceptors (Lipinski definition) is 6. The summed E-state index contributed by atoms with van der Waals surface area (Å²) in [6.07, 6.45) is 5.89. The van der Waals surface area contributed by atoms with Crippen LogP contribution in [0.4, 0.5) is 10.9 Å². The van der Waals surface area contributed by atoms with E-state index in [0.29, 0.717) is 5.82 Å². The van der Waals surface area contributed by atoms with Crippen molar-refractivity contribution in [1.82, 2.24) is 15.0 Å². The van der Waals surface area contributed by atoms with E-state index in [1.807, 2.05) is 12.1 Å². The number of ether oxygens (including phenoxy) is 1. The summed E-state index contributed by atoms with van der Waals surface area (Å²) in [5.41, 5.74) is 7.26. The molecule has 0 fully saturated rings. The van der Waals surface area contributed by atoms with Crippen molar-refractivity contribution in [3.05, 3.63) is 82.6 Å². The van der Waals surface area contributed by atoms with E-state index >= 15 is 0 Å². The number of nitrogens with one attached hydrogen (secondary N) is 1. The summed E-state index contributed by atoms with van der Waals surface area (Å²) in [6.45, 7) is 4.33. The number of aromatic nitrogens is 3. The minimum absolute atomic E-state index is 0.690. The summed E-state index contributed by atoms with van der Waals surface area (Å²) in [4.78, 5) is 13.0. The third-order valence-electron chi connectivity index (χ3n) is 4.83. The van der Waals surface area contributed by atoms with E-state index < -0.39 is 0 Å². The molecular weight excluding hydrogens is 380 g/mol. The fourth-order valence-electron chi connectivity index (χ4n) is 3.30. The molecule has 4 rings (SSSR count). The predicted molar refractivity (Wildman–Crippen MR) is 118 cm³/mol. The van der Waals surface area contributed by atoms with Gasteiger partial charge in [0.2, 0.25) is 0 Å². The highest BCUT2D eigenvalue weighted by Gasteiger charge is 2.11. The van der Waals surface area contributed by atoms with Gasteiger partial charge in [0, 0.05) is 23.3 Å². The Morgan fingerprint density at radius 1 is 1.03 bits per heavy atom. The van der Waals surface area contributed by atoms with Crippen molar-refractivity contribution in [2.75, 3.05) is 12.4 Å². The first-order valence-corrected chi connectivity index (χ1v) is 10.2. The summed E-state index contributed by atoms with van der Waals surface area (Å²) in [5, 5.41) is 6.07. The predicted octanol–water partition coefficient (Wildman–Crippen LogP) is 5.56. The van der Waals surface area contributed by atoms with Gasteiger partial charge in [-0.15, -0.1) is 11.3 Å². The largest absolute Gasteiger partial charge is 0.497 e. The SMILES string of the molecule is COc1ccc(Cc2c(C)cc(-c3csc(Nc4cnccn4)n3)cc2C)cc1. The smallest absolute Gasteiger partial charge is 0.188 e. The molecule has 2 aromatic heterocycles. The van der Waals surface area contributed by atoms with Crippen molar-refractivity contribution < 1.29 is 4.74 Å². The number of anilines is 2. The minimum atomic E-state index is 0.690. The van der Waals surface area contributed by atoms with Gasteiger partial charge < -0.3 is 10.1 Å². The average molecular weight is 403 g/mol. The van der Waals surface area contributed by atoms with E-state index in [2.05, 4.69) is 58.8 Å². The van der Waals surface area contributed by atoms with E-state index in [1.165, 1.54) is 22.3 Å². The van der Waals surface area contributed by atoms with E-state index in [0.717, 1.165) is 28.6 Å². The van der Waals surface area contributed by atoms with Gasteiger partial charge >= 0.3 is 0 Å². The summed E-state index contributed by atoms with van der Waals surface area (Å²) in [7, 11) is 1.69. The lowest BCUT2D eigenvalue weighted by molar-refractivity contribution is 0.414. The topological polar surface area (TPSA) is 59.9 Å². The lowest BCUT2D eigenvalue weighted by Crippen LogP contribution is -1.97. The lowest BCUT2D eigenvalue weighted by Gasteiger charge is -2.13. The van der Waals surface area contributed by atoms with Crippen LogP contribution >= 0.6 is 11.3 Å². The Balaban J connectivity index is 1.55. The highest BCUT2D eigenvalue weighted by molar-refractivity contribution is 7.14. The van der Waals surface area contributed by atoms with Gasteiger partial charge in [0.25, 0.3) is 0 Å². The van der Waals surface area contributed by atoms with Crippen LogP contribution in [0.2, 0.25) is 0 Å². The summed E-state index contributed by atoms with van der Waals surface area (Å²) < 4.78 is 5.25. The molecule has 0 unspecified atom stereocenters.